The van der Waals surface area contributed by atoms with Gasteiger partial charge in [0.15, 0.2) is 0 Å². The van der Waals surface area contributed by atoms with Crippen LogP contribution in [0.5, 0.6) is 0 Å². The zero-order valence-corrected chi connectivity index (χ0v) is 10.8. The summed E-state index contributed by atoms with van der Waals surface area (Å²) in [6.45, 7) is 3.85. The first kappa shape index (κ1) is 13.4. The van der Waals surface area contributed by atoms with Crippen LogP contribution in [0.1, 0.15) is 26.7 Å². The molecule has 4 nitrogen and oxygen atoms in total. The van der Waals surface area contributed by atoms with Gasteiger partial charge in [-0.1, -0.05) is 24.9 Å². The van der Waals surface area contributed by atoms with Crippen molar-refractivity contribution in [3.05, 3.63) is 23.5 Å². The van der Waals surface area contributed by atoms with Gasteiger partial charge in [0, 0.05) is 12.2 Å². The van der Waals surface area contributed by atoms with E-state index in [0.717, 1.165) is 12.8 Å². The second-order valence-electron chi connectivity index (χ2n) is 3.63. The smallest absolute Gasteiger partial charge is 0.242 e. The lowest BCUT2D eigenvalue weighted by molar-refractivity contribution is 0.543. The van der Waals surface area contributed by atoms with Crippen molar-refractivity contribution >= 4 is 21.6 Å². The lowest BCUT2D eigenvalue weighted by Crippen LogP contribution is -2.32. The molecular weight excluding hydrogens is 248 g/mol. The van der Waals surface area contributed by atoms with Gasteiger partial charge >= 0.3 is 0 Å². The van der Waals surface area contributed by atoms with Crippen LogP contribution in [0, 0.1) is 0 Å². The van der Waals surface area contributed by atoms with E-state index in [1.54, 1.807) is 0 Å². The van der Waals surface area contributed by atoms with E-state index in [2.05, 4.69) is 9.71 Å². The molecular formula is C10H15ClN2O2S. The van der Waals surface area contributed by atoms with Crippen molar-refractivity contribution in [1.82, 2.24) is 9.71 Å². The lowest BCUT2D eigenvalue weighted by Gasteiger charge is -2.12. The fraction of sp³-hybridized carbons (Fsp3) is 0.500. The Morgan fingerprint density at radius 3 is 2.69 bits per heavy atom. The average Bonchev–Trinajstić information content (AvgIpc) is 2.17. The van der Waals surface area contributed by atoms with E-state index in [4.69, 9.17) is 11.6 Å². The van der Waals surface area contributed by atoms with Gasteiger partial charge in [-0.05, 0) is 25.5 Å². The standard InChI is InChI=1S/C10H15ClN2O2S/c1-3-4-8(2)13-16(14,15)9-5-6-10(11)12-7-9/h5-8,13H,3-4H2,1-2H3/t8-/m0/s1. The van der Waals surface area contributed by atoms with Crippen molar-refractivity contribution in [2.24, 2.45) is 0 Å². The SMILES string of the molecule is CCC[C@H](C)NS(=O)(=O)c1ccc(Cl)nc1. The molecule has 0 aromatic carbocycles. The number of nitrogens with zero attached hydrogens (tertiary/aromatic N) is 1. The topological polar surface area (TPSA) is 59.1 Å². The van der Waals surface area contributed by atoms with Crippen molar-refractivity contribution in [3.63, 3.8) is 0 Å². The van der Waals surface area contributed by atoms with Gasteiger partial charge in [0.2, 0.25) is 10.0 Å². The molecule has 90 valence electrons. The van der Waals surface area contributed by atoms with E-state index in [1.807, 2.05) is 13.8 Å². The maximum Gasteiger partial charge on any atom is 0.242 e. The molecule has 0 unspecified atom stereocenters. The van der Waals surface area contributed by atoms with Crippen molar-refractivity contribution in [2.45, 2.75) is 37.6 Å². The summed E-state index contributed by atoms with van der Waals surface area (Å²) in [4.78, 5) is 3.88. The molecule has 1 atom stereocenters. The Labute approximate surface area is 101 Å². The number of halogens is 1. The van der Waals surface area contributed by atoms with Crippen LogP contribution in [-0.2, 0) is 10.0 Å². The number of pyridine rings is 1. The summed E-state index contributed by atoms with van der Waals surface area (Å²) in [7, 11) is -3.47. The summed E-state index contributed by atoms with van der Waals surface area (Å²) in [5, 5.41) is 0.278. The fourth-order valence-electron chi connectivity index (χ4n) is 1.35. The molecule has 6 heteroatoms. The second kappa shape index (κ2) is 5.61. The minimum atomic E-state index is -3.47. The zero-order valence-electron chi connectivity index (χ0n) is 9.27. The van der Waals surface area contributed by atoms with Crippen molar-refractivity contribution < 1.29 is 8.42 Å². The van der Waals surface area contributed by atoms with Crippen molar-refractivity contribution in [2.75, 3.05) is 0 Å². The van der Waals surface area contributed by atoms with E-state index < -0.39 is 10.0 Å². The van der Waals surface area contributed by atoms with Gasteiger partial charge in [-0.15, -0.1) is 0 Å². The Kier molecular flexibility index (Phi) is 4.70. The van der Waals surface area contributed by atoms with Crippen molar-refractivity contribution in [3.8, 4) is 0 Å². The number of hydrogen-bond acceptors (Lipinski definition) is 3. The summed E-state index contributed by atoms with van der Waals surface area (Å²) in [5.74, 6) is 0. The van der Waals surface area contributed by atoms with Crippen LogP contribution in [-0.4, -0.2) is 19.4 Å². The number of sulfonamides is 1. The van der Waals surface area contributed by atoms with Gasteiger partial charge in [-0.3, -0.25) is 0 Å². The Morgan fingerprint density at radius 1 is 1.50 bits per heavy atom. The Morgan fingerprint density at radius 2 is 2.19 bits per heavy atom. The third-order valence-electron chi connectivity index (χ3n) is 2.09. The molecule has 0 fully saturated rings. The van der Waals surface area contributed by atoms with Gasteiger partial charge in [-0.2, -0.15) is 0 Å². The zero-order chi connectivity index (χ0) is 12.2. The van der Waals surface area contributed by atoms with E-state index in [-0.39, 0.29) is 16.1 Å². The highest BCUT2D eigenvalue weighted by Crippen LogP contribution is 2.11. The molecule has 0 saturated heterocycles. The van der Waals surface area contributed by atoms with Crippen LogP contribution < -0.4 is 4.72 Å². The summed E-state index contributed by atoms with van der Waals surface area (Å²) in [6, 6.07) is 2.82. The molecule has 0 aliphatic carbocycles. The van der Waals surface area contributed by atoms with Gasteiger partial charge in [-0.25, -0.2) is 18.1 Å². The molecule has 0 amide bonds. The second-order valence-corrected chi connectivity index (χ2v) is 5.73. The van der Waals surface area contributed by atoms with E-state index in [1.165, 1.54) is 18.3 Å². The largest absolute Gasteiger partial charge is 0.243 e. The molecule has 0 aliphatic rings. The third kappa shape index (κ3) is 3.73. The third-order valence-corrected chi connectivity index (χ3v) is 3.89. The number of hydrogen-bond donors (Lipinski definition) is 1. The summed E-state index contributed by atoms with van der Waals surface area (Å²) in [6.07, 6.45) is 2.99. The van der Waals surface area contributed by atoms with Crippen LogP contribution in [0.25, 0.3) is 0 Å². The molecule has 0 aliphatic heterocycles. The monoisotopic (exact) mass is 262 g/mol. The van der Waals surface area contributed by atoms with Crippen LogP contribution in [0.4, 0.5) is 0 Å². The number of nitrogens with one attached hydrogen (secondary N) is 1. The minimum absolute atomic E-state index is 0.0781. The van der Waals surface area contributed by atoms with Crippen LogP contribution in [0.3, 0.4) is 0 Å². The normalized spacial score (nSPS) is 13.7. The molecule has 16 heavy (non-hydrogen) atoms. The minimum Gasteiger partial charge on any atom is -0.243 e. The van der Waals surface area contributed by atoms with Crippen molar-refractivity contribution in [1.29, 1.82) is 0 Å². The molecule has 0 bridgehead atoms. The molecule has 0 radical (unpaired) electrons. The Balaban J connectivity index is 2.82. The highest BCUT2D eigenvalue weighted by molar-refractivity contribution is 7.89. The predicted octanol–water partition coefficient (Wildman–Crippen LogP) is 2.20. The first-order valence-corrected chi connectivity index (χ1v) is 6.95. The molecule has 1 rings (SSSR count). The predicted molar refractivity (Wildman–Crippen MR) is 63.9 cm³/mol. The van der Waals surface area contributed by atoms with E-state index in [0.29, 0.717) is 0 Å². The molecule has 1 aromatic rings. The van der Waals surface area contributed by atoms with E-state index >= 15 is 0 Å². The van der Waals surface area contributed by atoms with Gasteiger partial charge in [0.05, 0.1) is 0 Å². The summed E-state index contributed by atoms with van der Waals surface area (Å²) in [5.41, 5.74) is 0. The van der Waals surface area contributed by atoms with Gasteiger partial charge < -0.3 is 0 Å². The van der Waals surface area contributed by atoms with Crippen LogP contribution in [0.15, 0.2) is 23.2 Å². The van der Waals surface area contributed by atoms with Crippen LogP contribution >= 0.6 is 11.6 Å². The molecule has 1 N–H and O–H groups in total. The summed E-state index contributed by atoms with van der Waals surface area (Å²) >= 11 is 5.59. The highest BCUT2D eigenvalue weighted by atomic mass is 35.5. The summed E-state index contributed by atoms with van der Waals surface area (Å²) < 4.78 is 26.3. The maximum absolute atomic E-state index is 11.8. The lowest BCUT2D eigenvalue weighted by atomic mass is 10.2. The molecule has 1 aromatic heterocycles. The molecule has 0 spiro atoms. The average molecular weight is 263 g/mol. The number of aromatic nitrogens is 1. The van der Waals surface area contributed by atoms with Gasteiger partial charge in [0.25, 0.3) is 0 Å². The molecule has 1 heterocycles. The Bertz CT molecular complexity index is 431. The first-order valence-electron chi connectivity index (χ1n) is 5.09. The number of rotatable bonds is 5. The van der Waals surface area contributed by atoms with Crippen LogP contribution in [0.2, 0.25) is 5.15 Å². The molecule has 0 saturated carbocycles. The Hall–Kier alpha value is -0.650. The highest BCUT2D eigenvalue weighted by Gasteiger charge is 2.16. The fourth-order valence-corrected chi connectivity index (χ4v) is 2.68. The quantitative estimate of drug-likeness (QED) is 0.828. The first-order chi connectivity index (χ1) is 7.45. The van der Waals surface area contributed by atoms with E-state index in [9.17, 15) is 8.42 Å². The maximum atomic E-state index is 11.8. The van der Waals surface area contributed by atoms with Gasteiger partial charge in [0.1, 0.15) is 10.0 Å².